The molecule has 1 N–H and O–H groups in total. The Hall–Kier alpha value is -1.94. The van der Waals surface area contributed by atoms with E-state index in [-0.39, 0.29) is 5.82 Å². The Kier molecular flexibility index (Phi) is 2.95. The quantitative estimate of drug-likeness (QED) is 0.694. The number of halogens is 1. The van der Waals surface area contributed by atoms with Gasteiger partial charge in [-0.3, -0.25) is 0 Å². The van der Waals surface area contributed by atoms with Gasteiger partial charge in [0.2, 0.25) is 0 Å². The summed E-state index contributed by atoms with van der Waals surface area (Å²) in [6.07, 6.45) is 0. The summed E-state index contributed by atoms with van der Waals surface area (Å²) in [7, 11) is 0. The molecule has 96 valence electrons. The molecule has 2 aromatic carbocycles. The molecule has 0 aliphatic heterocycles. The summed E-state index contributed by atoms with van der Waals surface area (Å²) in [5, 5.41) is 0. The first-order valence-corrected chi connectivity index (χ1v) is 6.48. The maximum atomic E-state index is 12.9. The summed E-state index contributed by atoms with van der Waals surface area (Å²) in [6, 6.07) is 12.7. The smallest absolute Gasteiger partial charge is 0.178 e. The van der Waals surface area contributed by atoms with Crippen molar-refractivity contribution >= 4 is 23.3 Å². The lowest BCUT2D eigenvalue weighted by Crippen LogP contribution is -1.99. The van der Waals surface area contributed by atoms with Crippen molar-refractivity contribution < 1.29 is 4.39 Å². The normalized spacial score (nSPS) is 11.1. The zero-order chi connectivity index (χ0) is 13.4. The molecule has 3 rings (SSSR count). The highest BCUT2D eigenvalue weighted by molar-refractivity contribution is 7.71. The van der Waals surface area contributed by atoms with Crippen LogP contribution in [0.4, 0.5) is 4.39 Å². The Labute approximate surface area is 115 Å². The lowest BCUT2D eigenvalue weighted by atomic mass is 10.2. The molecule has 1 aromatic heterocycles. The van der Waals surface area contributed by atoms with Gasteiger partial charge in [-0.2, -0.15) is 0 Å². The van der Waals surface area contributed by atoms with Crippen molar-refractivity contribution in [1.29, 1.82) is 0 Å². The molecule has 2 nitrogen and oxygen atoms in total. The average Bonchev–Trinajstić information content (AvgIpc) is 2.69. The molecule has 4 heteroatoms. The molecule has 19 heavy (non-hydrogen) atoms. The van der Waals surface area contributed by atoms with Crippen LogP contribution in [-0.4, -0.2) is 9.55 Å². The summed E-state index contributed by atoms with van der Waals surface area (Å²) in [6.45, 7) is 2.69. The number of nitrogens with one attached hydrogen (secondary N) is 1. The molecule has 0 spiro atoms. The van der Waals surface area contributed by atoms with E-state index in [1.165, 1.54) is 17.7 Å². The van der Waals surface area contributed by atoms with Crippen LogP contribution in [0.25, 0.3) is 11.0 Å². The molecule has 0 saturated carbocycles. The zero-order valence-corrected chi connectivity index (χ0v) is 11.3. The number of hydrogen-bond donors (Lipinski definition) is 1. The number of H-pyrrole nitrogens is 1. The van der Waals surface area contributed by atoms with Gasteiger partial charge in [0, 0.05) is 0 Å². The molecule has 0 unspecified atom stereocenters. The van der Waals surface area contributed by atoms with Gasteiger partial charge in [-0.15, -0.1) is 0 Å². The first kappa shape index (κ1) is 12.1. The third kappa shape index (κ3) is 2.31. The molecular weight excluding hydrogens is 259 g/mol. The van der Waals surface area contributed by atoms with E-state index >= 15 is 0 Å². The van der Waals surface area contributed by atoms with Crippen molar-refractivity contribution in [3.63, 3.8) is 0 Å². The Morgan fingerprint density at radius 3 is 2.63 bits per heavy atom. The Morgan fingerprint density at radius 1 is 1.16 bits per heavy atom. The van der Waals surface area contributed by atoms with Crippen LogP contribution in [0.1, 0.15) is 11.1 Å². The summed E-state index contributed by atoms with van der Waals surface area (Å²) >= 11 is 5.35. The van der Waals surface area contributed by atoms with E-state index in [9.17, 15) is 4.39 Å². The third-order valence-corrected chi connectivity index (χ3v) is 3.51. The van der Waals surface area contributed by atoms with E-state index in [0.29, 0.717) is 11.3 Å². The highest BCUT2D eigenvalue weighted by Gasteiger charge is 2.05. The highest BCUT2D eigenvalue weighted by Crippen LogP contribution is 2.17. The second kappa shape index (κ2) is 4.63. The fraction of sp³-hybridized carbons (Fsp3) is 0.133. The number of fused-ring (bicyclic) bond motifs is 1. The van der Waals surface area contributed by atoms with Gasteiger partial charge in [0.1, 0.15) is 5.82 Å². The van der Waals surface area contributed by atoms with Crippen LogP contribution in [0.3, 0.4) is 0 Å². The van der Waals surface area contributed by atoms with Gasteiger partial charge in [-0.25, -0.2) is 4.39 Å². The predicted molar refractivity (Wildman–Crippen MR) is 77.4 cm³/mol. The first-order valence-electron chi connectivity index (χ1n) is 6.07. The Morgan fingerprint density at radius 2 is 1.89 bits per heavy atom. The molecule has 0 saturated heterocycles. The number of aromatic nitrogens is 2. The maximum Gasteiger partial charge on any atom is 0.178 e. The molecule has 0 atom stereocenters. The lowest BCUT2D eigenvalue weighted by molar-refractivity contribution is 0.626. The van der Waals surface area contributed by atoms with Crippen LogP contribution in [0.2, 0.25) is 0 Å². The minimum atomic E-state index is -0.220. The van der Waals surface area contributed by atoms with Gasteiger partial charge in [-0.1, -0.05) is 18.2 Å². The predicted octanol–water partition coefficient (Wildman–Crippen LogP) is 4.19. The van der Waals surface area contributed by atoms with Crippen molar-refractivity contribution in [3.05, 3.63) is 64.2 Å². The molecule has 0 amide bonds. The monoisotopic (exact) mass is 272 g/mol. The van der Waals surface area contributed by atoms with Crippen molar-refractivity contribution in [3.8, 4) is 0 Å². The molecule has 3 aromatic rings. The lowest BCUT2D eigenvalue weighted by Gasteiger charge is -2.05. The number of imidazole rings is 1. The van der Waals surface area contributed by atoms with E-state index in [2.05, 4.69) is 24.0 Å². The molecule has 0 aliphatic carbocycles. The Bertz CT molecular complexity index is 784. The fourth-order valence-corrected chi connectivity index (χ4v) is 2.46. The summed E-state index contributed by atoms with van der Waals surface area (Å²) in [4.78, 5) is 3.19. The second-order valence-electron chi connectivity index (χ2n) is 4.66. The number of rotatable bonds is 2. The van der Waals surface area contributed by atoms with Gasteiger partial charge >= 0.3 is 0 Å². The van der Waals surface area contributed by atoms with Crippen molar-refractivity contribution in [2.75, 3.05) is 0 Å². The topological polar surface area (TPSA) is 20.7 Å². The zero-order valence-electron chi connectivity index (χ0n) is 10.5. The van der Waals surface area contributed by atoms with E-state index in [1.54, 1.807) is 12.1 Å². The van der Waals surface area contributed by atoms with Gasteiger partial charge in [0.25, 0.3) is 0 Å². The minimum Gasteiger partial charge on any atom is -0.331 e. The van der Waals surface area contributed by atoms with Crippen LogP contribution in [0, 0.1) is 17.5 Å². The molecule has 0 aliphatic rings. The highest BCUT2D eigenvalue weighted by atomic mass is 32.1. The molecule has 0 bridgehead atoms. The van der Waals surface area contributed by atoms with Gasteiger partial charge in [-0.05, 0) is 54.5 Å². The summed E-state index contributed by atoms with van der Waals surface area (Å²) < 4.78 is 15.6. The van der Waals surface area contributed by atoms with Crippen LogP contribution in [0.15, 0.2) is 42.5 Å². The largest absolute Gasteiger partial charge is 0.331 e. The first-order chi connectivity index (χ1) is 9.13. The maximum absolute atomic E-state index is 12.9. The molecule has 0 radical (unpaired) electrons. The number of aryl methyl sites for hydroxylation is 1. The number of benzene rings is 2. The minimum absolute atomic E-state index is 0.220. The number of aromatic amines is 1. The number of nitrogens with zero attached hydrogens (tertiary/aromatic N) is 1. The SMILES string of the molecule is Cc1ccc2[nH]c(=S)n(Cc3ccc(F)cc3)c2c1. The van der Waals surface area contributed by atoms with Crippen LogP contribution in [-0.2, 0) is 6.54 Å². The summed E-state index contributed by atoms with van der Waals surface area (Å²) in [5.41, 5.74) is 4.32. The second-order valence-corrected chi connectivity index (χ2v) is 5.05. The van der Waals surface area contributed by atoms with Gasteiger partial charge in [0.05, 0.1) is 17.6 Å². The Balaban J connectivity index is 2.09. The molecule has 1 heterocycles. The van der Waals surface area contributed by atoms with Crippen molar-refractivity contribution in [1.82, 2.24) is 9.55 Å². The average molecular weight is 272 g/mol. The third-order valence-electron chi connectivity index (χ3n) is 3.18. The number of hydrogen-bond acceptors (Lipinski definition) is 1. The van der Waals surface area contributed by atoms with Crippen LogP contribution >= 0.6 is 12.2 Å². The molecular formula is C15H13FN2S. The van der Waals surface area contributed by atoms with Crippen molar-refractivity contribution in [2.45, 2.75) is 13.5 Å². The van der Waals surface area contributed by atoms with E-state index in [0.717, 1.165) is 16.6 Å². The van der Waals surface area contributed by atoms with E-state index in [1.807, 2.05) is 10.6 Å². The molecule has 0 fully saturated rings. The van der Waals surface area contributed by atoms with Gasteiger partial charge in [0.15, 0.2) is 4.77 Å². The van der Waals surface area contributed by atoms with E-state index < -0.39 is 0 Å². The van der Waals surface area contributed by atoms with Crippen LogP contribution in [0.5, 0.6) is 0 Å². The summed E-state index contributed by atoms with van der Waals surface area (Å²) in [5.74, 6) is -0.220. The van der Waals surface area contributed by atoms with Crippen molar-refractivity contribution in [2.24, 2.45) is 0 Å². The van der Waals surface area contributed by atoms with Gasteiger partial charge < -0.3 is 9.55 Å². The van der Waals surface area contributed by atoms with Crippen LogP contribution < -0.4 is 0 Å². The fourth-order valence-electron chi connectivity index (χ4n) is 2.19. The van der Waals surface area contributed by atoms with E-state index in [4.69, 9.17) is 12.2 Å². The standard InChI is InChI=1S/C15H13FN2S/c1-10-2-7-13-14(8-10)18(15(19)17-13)9-11-3-5-12(16)6-4-11/h2-8H,9H2,1H3,(H,17,19).